The molecule has 4 aromatic rings. The summed E-state index contributed by atoms with van der Waals surface area (Å²) in [6.45, 7) is 3.95. The van der Waals surface area contributed by atoms with E-state index in [1.54, 1.807) is 0 Å². The minimum atomic E-state index is -1.25. The highest BCUT2D eigenvalue weighted by molar-refractivity contribution is 6.13. The summed E-state index contributed by atoms with van der Waals surface area (Å²) in [4.78, 5) is 13.2. The van der Waals surface area contributed by atoms with Gasteiger partial charge in [0.25, 0.3) is 0 Å². The summed E-state index contributed by atoms with van der Waals surface area (Å²) in [5, 5.41) is 14.4. The van der Waals surface area contributed by atoms with Crippen molar-refractivity contribution in [3.05, 3.63) is 118 Å². The van der Waals surface area contributed by atoms with Crippen molar-refractivity contribution >= 4 is 16.6 Å². The fraction of sp³-hybridized carbons (Fsp3) is 0.148. The van der Waals surface area contributed by atoms with E-state index in [9.17, 15) is 9.90 Å². The van der Waals surface area contributed by atoms with Crippen LogP contribution in [0.2, 0.25) is 0 Å². The lowest BCUT2D eigenvalue weighted by atomic mass is 9.71. The van der Waals surface area contributed by atoms with Gasteiger partial charge in [0, 0.05) is 17.5 Å². The summed E-state index contributed by atoms with van der Waals surface area (Å²) in [6.07, 6.45) is 0.414. The Labute approximate surface area is 170 Å². The molecule has 0 fully saturated rings. The molecular weight excluding hydrogens is 356 g/mol. The number of benzene rings is 4. The number of aryl methyl sites for hydroxylation is 2. The van der Waals surface area contributed by atoms with Crippen LogP contribution in [0, 0.1) is 13.8 Å². The van der Waals surface area contributed by atoms with Crippen molar-refractivity contribution < 1.29 is 9.90 Å². The second-order valence-corrected chi connectivity index (χ2v) is 8.15. The van der Waals surface area contributed by atoms with Crippen LogP contribution in [0.15, 0.2) is 78.9 Å². The predicted octanol–water partition coefficient (Wildman–Crippen LogP) is 5.48. The summed E-state index contributed by atoms with van der Waals surface area (Å²) in [6, 6.07) is 26.1. The third-order valence-electron chi connectivity index (χ3n) is 6.00. The summed E-state index contributed by atoms with van der Waals surface area (Å²) < 4.78 is 0. The van der Waals surface area contributed by atoms with Gasteiger partial charge < -0.3 is 5.11 Å². The molecule has 4 aromatic carbocycles. The van der Waals surface area contributed by atoms with Gasteiger partial charge in [0.2, 0.25) is 0 Å². The van der Waals surface area contributed by atoms with Crippen molar-refractivity contribution in [3.8, 4) is 0 Å². The van der Waals surface area contributed by atoms with E-state index >= 15 is 0 Å². The Morgan fingerprint density at radius 2 is 1.31 bits per heavy atom. The number of rotatable bonds is 2. The van der Waals surface area contributed by atoms with Crippen LogP contribution in [0.3, 0.4) is 0 Å². The smallest absolute Gasteiger partial charge is 0.193 e. The molecule has 0 atom stereocenters. The number of hydrogen-bond acceptors (Lipinski definition) is 2. The van der Waals surface area contributed by atoms with Gasteiger partial charge in [0.15, 0.2) is 5.78 Å². The van der Waals surface area contributed by atoms with Gasteiger partial charge in [-0.3, -0.25) is 4.79 Å². The maximum atomic E-state index is 13.2. The van der Waals surface area contributed by atoms with E-state index in [4.69, 9.17) is 0 Å². The summed E-state index contributed by atoms with van der Waals surface area (Å²) >= 11 is 0. The zero-order valence-electron chi connectivity index (χ0n) is 16.6. The summed E-state index contributed by atoms with van der Waals surface area (Å²) in [5.41, 5.74) is 4.41. The van der Waals surface area contributed by atoms with Gasteiger partial charge in [-0.1, -0.05) is 77.9 Å². The molecule has 0 aliphatic heterocycles. The SMILES string of the molecule is Cc1ccc2c(c1)C(=O)c1cc(C)ccc1C2(O)Cc1ccc2ccccc2c1. The zero-order chi connectivity index (χ0) is 20.2. The van der Waals surface area contributed by atoms with E-state index in [1.165, 1.54) is 5.39 Å². The van der Waals surface area contributed by atoms with Gasteiger partial charge in [-0.25, -0.2) is 0 Å². The maximum absolute atomic E-state index is 13.2. The molecule has 1 aliphatic carbocycles. The summed E-state index contributed by atoms with van der Waals surface area (Å²) in [5.74, 6) is -0.00872. The topological polar surface area (TPSA) is 37.3 Å². The van der Waals surface area contributed by atoms with E-state index in [2.05, 4.69) is 30.3 Å². The number of carbonyl (C=O) groups excluding carboxylic acids is 1. The molecule has 1 aliphatic rings. The van der Waals surface area contributed by atoms with E-state index in [-0.39, 0.29) is 5.78 Å². The Hall–Kier alpha value is -3.23. The first-order valence-electron chi connectivity index (χ1n) is 9.93. The lowest BCUT2D eigenvalue weighted by molar-refractivity contribution is 0.0721. The van der Waals surface area contributed by atoms with Crippen molar-refractivity contribution in [2.45, 2.75) is 25.9 Å². The monoisotopic (exact) mass is 378 g/mol. The predicted molar refractivity (Wildman–Crippen MR) is 116 cm³/mol. The lowest BCUT2D eigenvalue weighted by Crippen LogP contribution is -2.37. The molecule has 0 amide bonds. The molecule has 0 heterocycles. The Kier molecular flexibility index (Phi) is 3.94. The second kappa shape index (κ2) is 6.40. The quantitative estimate of drug-likeness (QED) is 0.501. The normalized spacial score (nSPS) is 14.5. The minimum absolute atomic E-state index is 0.00872. The number of fused-ring (bicyclic) bond motifs is 3. The molecule has 0 saturated heterocycles. The van der Waals surface area contributed by atoms with Gasteiger partial charge in [-0.05, 0) is 53.4 Å². The molecule has 0 aromatic heterocycles. The fourth-order valence-electron chi connectivity index (χ4n) is 4.54. The fourth-order valence-corrected chi connectivity index (χ4v) is 4.54. The van der Waals surface area contributed by atoms with Crippen LogP contribution in [0.25, 0.3) is 10.8 Å². The average molecular weight is 378 g/mol. The zero-order valence-corrected chi connectivity index (χ0v) is 16.6. The standard InChI is InChI=1S/C27H22O2/c1-17-7-11-24-22(13-17)26(28)23-14-18(2)8-12-25(23)27(24,29)16-19-9-10-20-5-3-4-6-21(20)15-19/h3-15,29H,16H2,1-2H3. The van der Waals surface area contributed by atoms with Crippen molar-refractivity contribution in [2.24, 2.45) is 0 Å². The first-order valence-corrected chi connectivity index (χ1v) is 9.93. The van der Waals surface area contributed by atoms with E-state index in [0.29, 0.717) is 28.7 Å². The molecule has 142 valence electrons. The number of hydrogen-bond donors (Lipinski definition) is 1. The third-order valence-corrected chi connectivity index (χ3v) is 6.00. The maximum Gasteiger partial charge on any atom is 0.193 e. The molecular formula is C27H22O2. The first-order chi connectivity index (χ1) is 14.0. The van der Waals surface area contributed by atoms with E-state index in [1.807, 2.05) is 62.4 Å². The van der Waals surface area contributed by atoms with Crippen molar-refractivity contribution in [1.29, 1.82) is 0 Å². The lowest BCUT2D eigenvalue weighted by Gasteiger charge is -2.36. The van der Waals surface area contributed by atoms with Crippen LogP contribution in [0.1, 0.15) is 43.7 Å². The first kappa shape index (κ1) is 17.8. The van der Waals surface area contributed by atoms with Crippen LogP contribution in [0.5, 0.6) is 0 Å². The molecule has 2 nitrogen and oxygen atoms in total. The molecule has 29 heavy (non-hydrogen) atoms. The van der Waals surface area contributed by atoms with Crippen molar-refractivity contribution in [1.82, 2.24) is 0 Å². The molecule has 0 saturated carbocycles. The molecule has 1 N–H and O–H groups in total. The second-order valence-electron chi connectivity index (χ2n) is 8.15. The van der Waals surface area contributed by atoms with Gasteiger partial charge in [0.1, 0.15) is 5.60 Å². The van der Waals surface area contributed by atoms with Crippen LogP contribution in [0.4, 0.5) is 0 Å². The third kappa shape index (κ3) is 2.80. The molecule has 0 unspecified atom stereocenters. The Morgan fingerprint density at radius 1 is 0.724 bits per heavy atom. The van der Waals surface area contributed by atoms with Gasteiger partial charge in [-0.2, -0.15) is 0 Å². The van der Waals surface area contributed by atoms with Crippen LogP contribution in [-0.4, -0.2) is 10.9 Å². The van der Waals surface area contributed by atoms with Gasteiger partial charge in [-0.15, -0.1) is 0 Å². The molecule has 0 bridgehead atoms. The van der Waals surface area contributed by atoms with E-state index in [0.717, 1.165) is 22.1 Å². The Morgan fingerprint density at radius 3 is 1.93 bits per heavy atom. The minimum Gasteiger partial charge on any atom is -0.380 e. The van der Waals surface area contributed by atoms with Crippen LogP contribution < -0.4 is 0 Å². The van der Waals surface area contributed by atoms with Crippen LogP contribution >= 0.6 is 0 Å². The number of aliphatic hydroxyl groups is 1. The molecule has 0 radical (unpaired) electrons. The Balaban J connectivity index is 1.72. The Bertz CT molecular complexity index is 1230. The average Bonchev–Trinajstić information content (AvgIpc) is 2.72. The van der Waals surface area contributed by atoms with Gasteiger partial charge in [0.05, 0.1) is 0 Å². The van der Waals surface area contributed by atoms with Crippen molar-refractivity contribution in [3.63, 3.8) is 0 Å². The number of ketones is 1. The molecule has 2 heteroatoms. The largest absolute Gasteiger partial charge is 0.380 e. The number of carbonyl (C=O) groups is 1. The molecule has 5 rings (SSSR count). The highest BCUT2D eigenvalue weighted by Gasteiger charge is 2.42. The molecule has 0 spiro atoms. The van der Waals surface area contributed by atoms with E-state index < -0.39 is 5.60 Å². The summed E-state index contributed by atoms with van der Waals surface area (Å²) in [7, 11) is 0. The van der Waals surface area contributed by atoms with Gasteiger partial charge >= 0.3 is 0 Å². The van der Waals surface area contributed by atoms with Crippen LogP contribution in [-0.2, 0) is 12.0 Å². The highest BCUT2D eigenvalue weighted by atomic mass is 16.3. The highest BCUT2D eigenvalue weighted by Crippen LogP contribution is 2.43. The van der Waals surface area contributed by atoms with Crippen molar-refractivity contribution in [2.75, 3.05) is 0 Å².